The molecule has 4 aromatic carbocycles. The van der Waals surface area contributed by atoms with Gasteiger partial charge in [-0.3, -0.25) is 4.79 Å². The van der Waals surface area contributed by atoms with Crippen molar-refractivity contribution in [2.75, 3.05) is 35.7 Å². The van der Waals surface area contributed by atoms with Crippen molar-refractivity contribution in [2.24, 2.45) is 0 Å². The van der Waals surface area contributed by atoms with E-state index < -0.39 is 10.9 Å². The van der Waals surface area contributed by atoms with Crippen LogP contribution in [0.3, 0.4) is 0 Å². The second kappa shape index (κ2) is 13.8. The summed E-state index contributed by atoms with van der Waals surface area (Å²) in [5.41, 5.74) is 4.54. The number of aromatic nitrogens is 2. The molecule has 1 heterocycles. The summed E-state index contributed by atoms with van der Waals surface area (Å²) in [4.78, 5) is 22.1. The predicted molar refractivity (Wildman–Crippen MR) is 173 cm³/mol. The van der Waals surface area contributed by atoms with E-state index in [-0.39, 0.29) is 29.8 Å². The van der Waals surface area contributed by atoms with Gasteiger partial charge in [0.2, 0.25) is 16.8 Å². The second-order valence-corrected chi connectivity index (χ2v) is 10.7. The fourth-order valence-corrected chi connectivity index (χ4v) is 5.18. The molecule has 1 aromatic heterocycles. The number of para-hydroxylation sites is 2. The van der Waals surface area contributed by atoms with Gasteiger partial charge in [0.25, 0.3) is 0 Å². The highest BCUT2D eigenvalue weighted by Crippen LogP contribution is 2.35. The number of methoxy groups -OCH3 is 2. The quantitative estimate of drug-likeness (QED) is 0.142. The molecule has 0 unspecified atom stereocenters. The first-order valence-corrected chi connectivity index (χ1v) is 14.8. The molecule has 5 rings (SSSR count). The number of nitrogens with zero attached hydrogens (tertiary/aromatic N) is 3. The van der Waals surface area contributed by atoms with E-state index in [2.05, 4.69) is 20.9 Å². The molecule has 44 heavy (non-hydrogen) atoms. The van der Waals surface area contributed by atoms with Crippen molar-refractivity contribution in [2.45, 2.75) is 13.5 Å². The van der Waals surface area contributed by atoms with Crippen molar-refractivity contribution < 1.29 is 22.7 Å². The lowest BCUT2D eigenvalue weighted by Gasteiger charge is -2.21. The number of carbonyl (C=O) groups is 1. The van der Waals surface area contributed by atoms with Crippen LogP contribution in [-0.2, 0) is 22.2 Å². The van der Waals surface area contributed by atoms with Gasteiger partial charge in [-0.25, -0.2) is 22.7 Å². The van der Waals surface area contributed by atoms with Crippen molar-refractivity contribution in [1.82, 2.24) is 15.3 Å². The van der Waals surface area contributed by atoms with Gasteiger partial charge < -0.3 is 25.4 Å². The third kappa shape index (κ3) is 7.22. The number of thiol groups is 1. The lowest BCUT2D eigenvalue weighted by molar-refractivity contribution is -0.115. The van der Waals surface area contributed by atoms with Crippen LogP contribution in [0.2, 0.25) is 0 Å². The average molecular weight is 613 g/mol. The van der Waals surface area contributed by atoms with Crippen LogP contribution >= 0.6 is 0 Å². The van der Waals surface area contributed by atoms with Gasteiger partial charge in [-0.1, -0.05) is 42.5 Å². The highest BCUT2D eigenvalue weighted by Gasteiger charge is 2.21. The molecule has 0 aliphatic rings. The van der Waals surface area contributed by atoms with Crippen LogP contribution in [0.4, 0.5) is 28.7 Å². The minimum Gasteiger partial charge on any atom is -0.497 e. The zero-order chi connectivity index (χ0) is 31.1. The second-order valence-electron chi connectivity index (χ2n) is 9.79. The fraction of sp³-hybridized carbons (Fsp3) is 0.156. The molecule has 0 radical (unpaired) electrons. The molecule has 5 aromatic rings. The molecule has 0 atom stereocenters. The Morgan fingerprint density at radius 3 is 2.18 bits per heavy atom. The molecule has 0 fully saturated rings. The number of carbonyl (C=O) groups excluding carboxylic acids is 1. The number of hydrogen-bond acceptors (Lipinski definition) is 9. The van der Waals surface area contributed by atoms with E-state index in [4.69, 9.17) is 14.5 Å². The number of amides is 1. The van der Waals surface area contributed by atoms with Crippen molar-refractivity contribution in [1.29, 1.82) is 0 Å². The van der Waals surface area contributed by atoms with Crippen molar-refractivity contribution >= 4 is 56.5 Å². The van der Waals surface area contributed by atoms with Gasteiger partial charge in [0, 0.05) is 36.1 Å². The smallest absolute Gasteiger partial charge is 0.238 e. The van der Waals surface area contributed by atoms with Crippen molar-refractivity contribution in [3.63, 3.8) is 0 Å². The standard InChI is InChI=1S/C32H32N6O5S/c1-21-9-4-5-10-22(21)19-33-20-30(39)34-23-11-8-12-25(15-23)38(44(40)41)32-31(36-28-13-6-7-14-29(28)37-32)35-24-16-26(42-2)18-27(17-24)43-3/h4-18,33,44H,19-20H2,1-3H3,(H,34,39)(H,35,36). The molecule has 0 saturated carbocycles. The Morgan fingerprint density at radius 1 is 0.818 bits per heavy atom. The first-order chi connectivity index (χ1) is 21.3. The van der Waals surface area contributed by atoms with Crippen LogP contribution in [-0.4, -0.2) is 45.1 Å². The van der Waals surface area contributed by atoms with Crippen LogP contribution in [0.5, 0.6) is 11.5 Å². The summed E-state index contributed by atoms with van der Waals surface area (Å²) < 4.78 is 37.4. The largest absolute Gasteiger partial charge is 0.497 e. The highest BCUT2D eigenvalue weighted by molar-refractivity contribution is 7.74. The molecule has 11 nitrogen and oxygen atoms in total. The monoisotopic (exact) mass is 612 g/mol. The zero-order valence-electron chi connectivity index (χ0n) is 24.4. The van der Waals surface area contributed by atoms with Crippen LogP contribution in [0.1, 0.15) is 11.1 Å². The highest BCUT2D eigenvalue weighted by atomic mass is 32.2. The summed E-state index contributed by atoms with van der Waals surface area (Å²) in [5, 5.41) is 9.16. The maximum absolute atomic E-state index is 12.8. The number of aryl methyl sites for hydroxylation is 1. The Balaban J connectivity index is 1.44. The Hall–Kier alpha value is -5.20. The number of anilines is 5. The lowest BCUT2D eigenvalue weighted by atomic mass is 10.1. The van der Waals surface area contributed by atoms with Gasteiger partial charge in [0.05, 0.1) is 37.5 Å². The molecule has 3 N–H and O–H groups in total. The third-order valence-electron chi connectivity index (χ3n) is 6.77. The third-order valence-corrected chi connectivity index (χ3v) is 7.51. The van der Waals surface area contributed by atoms with Gasteiger partial charge in [-0.15, -0.1) is 0 Å². The Labute approximate surface area is 257 Å². The molecule has 12 heteroatoms. The van der Waals surface area contributed by atoms with Crippen LogP contribution in [0.15, 0.2) is 91.0 Å². The van der Waals surface area contributed by atoms with Crippen LogP contribution in [0, 0.1) is 6.92 Å². The molecule has 226 valence electrons. The Kier molecular flexibility index (Phi) is 9.52. The number of benzene rings is 4. The number of nitrogens with one attached hydrogen (secondary N) is 3. The summed E-state index contributed by atoms with van der Waals surface area (Å²) in [7, 11) is -0.161. The van der Waals surface area contributed by atoms with E-state index >= 15 is 0 Å². The maximum atomic E-state index is 12.8. The Morgan fingerprint density at radius 2 is 1.50 bits per heavy atom. The average Bonchev–Trinajstić information content (AvgIpc) is 3.02. The molecule has 0 aliphatic heterocycles. The number of ether oxygens (including phenoxy) is 2. The number of hydrogen-bond donors (Lipinski definition) is 4. The maximum Gasteiger partial charge on any atom is 0.238 e. The van der Waals surface area contributed by atoms with Gasteiger partial charge in [-0.05, 0) is 48.4 Å². The summed E-state index contributed by atoms with van der Waals surface area (Å²) in [6.07, 6.45) is 0. The lowest BCUT2D eigenvalue weighted by Crippen LogP contribution is -2.28. The molecule has 1 amide bonds. The first kappa shape index (κ1) is 30.3. The van der Waals surface area contributed by atoms with Gasteiger partial charge in [-0.2, -0.15) is 0 Å². The van der Waals surface area contributed by atoms with E-state index in [1.165, 1.54) is 14.2 Å². The van der Waals surface area contributed by atoms with E-state index in [1.807, 2.05) is 37.3 Å². The number of fused-ring (bicyclic) bond motifs is 1. The van der Waals surface area contributed by atoms with Gasteiger partial charge >= 0.3 is 0 Å². The molecule has 0 spiro atoms. The summed E-state index contributed by atoms with van der Waals surface area (Å²) in [6, 6.07) is 26.8. The zero-order valence-corrected chi connectivity index (χ0v) is 25.3. The summed E-state index contributed by atoms with van der Waals surface area (Å²) in [6.45, 7) is 2.63. The Bertz CT molecular complexity index is 1850. The molecular weight excluding hydrogens is 580 g/mol. The van der Waals surface area contributed by atoms with E-state index in [1.54, 1.807) is 60.7 Å². The predicted octanol–water partition coefficient (Wildman–Crippen LogP) is 5.09. The van der Waals surface area contributed by atoms with Crippen LogP contribution < -0.4 is 29.7 Å². The van der Waals surface area contributed by atoms with Gasteiger partial charge in [0.15, 0.2) is 11.6 Å². The SMILES string of the molecule is COc1cc(Nc2nc3ccccc3nc2N(c2cccc(NC(=O)CNCc3ccccc3C)c2)[SH](=O)=O)cc(OC)c1. The summed E-state index contributed by atoms with van der Waals surface area (Å²) in [5.74, 6) is 1.03. The van der Waals surface area contributed by atoms with Crippen molar-refractivity contribution in [3.05, 3.63) is 102 Å². The van der Waals surface area contributed by atoms with E-state index in [9.17, 15) is 13.2 Å². The van der Waals surface area contributed by atoms with Crippen LogP contribution in [0.25, 0.3) is 11.0 Å². The molecular formula is C32H32N6O5S. The normalized spacial score (nSPS) is 10.9. The molecule has 0 saturated heterocycles. The minimum absolute atomic E-state index is 0.0463. The van der Waals surface area contributed by atoms with Crippen molar-refractivity contribution in [3.8, 4) is 11.5 Å². The van der Waals surface area contributed by atoms with E-state index in [0.717, 1.165) is 15.4 Å². The van der Waals surface area contributed by atoms with Gasteiger partial charge in [0.1, 0.15) is 11.5 Å². The molecule has 0 aliphatic carbocycles. The topological polar surface area (TPSA) is 135 Å². The number of rotatable bonds is 12. The summed E-state index contributed by atoms with van der Waals surface area (Å²) >= 11 is 0. The fourth-order valence-electron chi connectivity index (χ4n) is 4.57. The first-order valence-electron chi connectivity index (χ1n) is 13.7. The van der Waals surface area contributed by atoms with E-state index in [0.29, 0.717) is 40.5 Å². The molecule has 0 bridgehead atoms. The minimum atomic E-state index is -3.24.